The fourth-order valence-corrected chi connectivity index (χ4v) is 4.15. The Hall–Kier alpha value is -2.99. The second kappa shape index (κ2) is 11.4. The van der Waals surface area contributed by atoms with Crippen LogP contribution in [0.4, 0.5) is 5.69 Å². The van der Waals surface area contributed by atoms with Gasteiger partial charge in [-0.1, -0.05) is 47.5 Å². The van der Waals surface area contributed by atoms with E-state index in [1.807, 2.05) is 72.8 Å². The molecule has 0 atom stereocenters. The molecule has 4 aromatic carbocycles. The molecule has 0 spiro atoms. The molecule has 0 saturated carbocycles. The van der Waals surface area contributed by atoms with E-state index < -0.39 is 0 Å². The maximum atomic E-state index is 6.25. The Morgan fingerprint density at radius 1 is 0.882 bits per heavy atom. The smallest absolute Gasteiger partial charge is 0.175 e. The van der Waals surface area contributed by atoms with Gasteiger partial charge in [-0.3, -0.25) is 4.99 Å². The van der Waals surface area contributed by atoms with Gasteiger partial charge < -0.3 is 14.2 Å². The molecule has 4 nitrogen and oxygen atoms in total. The van der Waals surface area contributed by atoms with Crippen LogP contribution in [0.2, 0.25) is 10.0 Å². The zero-order chi connectivity index (χ0) is 23.9. The molecular formula is C27H20BrCl2NO3. The van der Waals surface area contributed by atoms with Crippen molar-refractivity contribution in [2.45, 2.75) is 6.61 Å². The van der Waals surface area contributed by atoms with Crippen LogP contribution >= 0.6 is 39.1 Å². The molecule has 0 aliphatic heterocycles. The number of nitrogens with zero attached hydrogens (tertiary/aromatic N) is 1. The molecule has 4 rings (SSSR count). The Bertz CT molecular complexity index is 1300. The number of benzene rings is 4. The first-order valence-electron chi connectivity index (χ1n) is 10.3. The van der Waals surface area contributed by atoms with Crippen molar-refractivity contribution in [1.82, 2.24) is 0 Å². The third-order valence-electron chi connectivity index (χ3n) is 4.82. The molecule has 4 aromatic rings. The Labute approximate surface area is 216 Å². The standard InChI is InChI=1S/C27H20BrCl2NO3/c1-32-26-14-18(13-24(28)27(26)33-17-19-7-8-20(29)15-25(19)30)16-31-21-9-11-23(12-10-21)34-22-5-3-2-4-6-22/h2-16H,17H2,1H3. The zero-order valence-corrected chi connectivity index (χ0v) is 21.3. The van der Waals surface area contributed by atoms with Crippen LogP contribution in [0.15, 0.2) is 94.4 Å². The third-order valence-corrected chi connectivity index (χ3v) is 5.99. The maximum Gasteiger partial charge on any atom is 0.175 e. The van der Waals surface area contributed by atoms with Crippen LogP contribution in [0.5, 0.6) is 23.0 Å². The number of rotatable bonds is 8. The van der Waals surface area contributed by atoms with Gasteiger partial charge in [0.2, 0.25) is 0 Å². The summed E-state index contributed by atoms with van der Waals surface area (Å²) in [5.74, 6) is 2.69. The number of para-hydroxylation sites is 1. The topological polar surface area (TPSA) is 40.0 Å². The van der Waals surface area contributed by atoms with Crippen LogP contribution in [0.25, 0.3) is 0 Å². The SMILES string of the molecule is COc1cc(C=Nc2ccc(Oc3ccccc3)cc2)cc(Br)c1OCc1ccc(Cl)cc1Cl. The summed E-state index contributed by atoms with van der Waals surface area (Å²) in [4.78, 5) is 4.56. The molecule has 0 aliphatic rings. The van der Waals surface area contributed by atoms with Crippen molar-refractivity contribution in [3.8, 4) is 23.0 Å². The summed E-state index contributed by atoms with van der Waals surface area (Å²) in [5, 5.41) is 1.13. The molecule has 34 heavy (non-hydrogen) atoms. The average molecular weight is 557 g/mol. The van der Waals surface area contributed by atoms with E-state index in [1.165, 1.54) is 0 Å². The second-order valence-electron chi connectivity index (χ2n) is 7.23. The van der Waals surface area contributed by atoms with Crippen LogP contribution in [0.1, 0.15) is 11.1 Å². The minimum atomic E-state index is 0.274. The van der Waals surface area contributed by atoms with Crippen molar-refractivity contribution < 1.29 is 14.2 Å². The molecule has 0 N–H and O–H groups in total. The molecule has 0 aromatic heterocycles. The molecule has 172 valence electrons. The van der Waals surface area contributed by atoms with E-state index in [0.717, 1.165) is 32.8 Å². The van der Waals surface area contributed by atoms with E-state index in [1.54, 1.807) is 25.5 Å². The Morgan fingerprint density at radius 2 is 1.62 bits per heavy atom. The lowest BCUT2D eigenvalue weighted by Crippen LogP contribution is -2.00. The Kier molecular flexibility index (Phi) is 8.12. The van der Waals surface area contributed by atoms with Gasteiger partial charge in [-0.2, -0.15) is 0 Å². The lowest BCUT2D eigenvalue weighted by atomic mass is 10.2. The third kappa shape index (κ3) is 6.32. The number of ether oxygens (including phenoxy) is 3. The summed E-state index contributed by atoms with van der Waals surface area (Å²) in [6.45, 7) is 0.274. The van der Waals surface area contributed by atoms with E-state index in [4.69, 9.17) is 37.4 Å². The fourth-order valence-electron chi connectivity index (χ4n) is 3.12. The quantitative estimate of drug-likeness (QED) is 0.203. The van der Waals surface area contributed by atoms with Crippen molar-refractivity contribution in [2.75, 3.05) is 7.11 Å². The highest BCUT2D eigenvalue weighted by Crippen LogP contribution is 2.37. The van der Waals surface area contributed by atoms with Crippen molar-refractivity contribution in [2.24, 2.45) is 4.99 Å². The Morgan fingerprint density at radius 3 is 2.32 bits per heavy atom. The lowest BCUT2D eigenvalue weighted by molar-refractivity contribution is 0.282. The van der Waals surface area contributed by atoms with E-state index in [2.05, 4.69) is 20.9 Å². The summed E-state index contributed by atoms with van der Waals surface area (Å²) in [6.07, 6.45) is 1.76. The summed E-state index contributed by atoms with van der Waals surface area (Å²) in [5.41, 5.74) is 2.48. The maximum absolute atomic E-state index is 6.25. The summed E-state index contributed by atoms with van der Waals surface area (Å²) >= 11 is 15.8. The van der Waals surface area contributed by atoms with Gasteiger partial charge in [0.1, 0.15) is 18.1 Å². The number of hydrogen-bond acceptors (Lipinski definition) is 4. The van der Waals surface area contributed by atoms with Crippen molar-refractivity contribution in [1.29, 1.82) is 0 Å². The number of halogens is 3. The fraction of sp³-hybridized carbons (Fsp3) is 0.0741. The van der Waals surface area contributed by atoms with E-state index in [-0.39, 0.29) is 6.61 Å². The van der Waals surface area contributed by atoms with Crippen molar-refractivity contribution in [3.05, 3.63) is 111 Å². The zero-order valence-electron chi connectivity index (χ0n) is 18.2. The molecule has 0 saturated heterocycles. The first kappa shape index (κ1) is 24.1. The molecule has 0 aliphatic carbocycles. The monoisotopic (exact) mass is 555 g/mol. The number of aliphatic imine (C=N–C) groups is 1. The minimum Gasteiger partial charge on any atom is -0.493 e. The van der Waals surface area contributed by atoms with Gasteiger partial charge in [-0.15, -0.1) is 0 Å². The van der Waals surface area contributed by atoms with Crippen molar-refractivity contribution in [3.63, 3.8) is 0 Å². The van der Waals surface area contributed by atoms with Crippen LogP contribution in [-0.2, 0) is 6.61 Å². The highest BCUT2D eigenvalue weighted by molar-refractivity contribution is 9.10. The molecule has 0 radical (unpaired) electrons. The van der Waals surface area contributed by atoms with Gasteiger partial charge >= 0.3 is 0 Å². The molecule has 0 unspecified atom stereocenters. The summed E-state index contributed by atoms with van der Waals surface area (Å²) in [6, 6.07) is 26.3. The predicted molar refractivity (Wildman–Crippen MR) is 142 cm³/mol. The summed E-state index contributed by atoms with van der Waals surface area (Å²) in [7, 11) is 1.59. The van der Waals surface area contributed by atoms with Gasteiger partial charge in [0.25, 0.3) is 0 Å². The van der Waals surface area contributed by atoms with Crippen LogP contribution in [0, 0.1) is 0 Å². The van der Waals surface area contributed by atoms with Gasteiger partial charge in [0.05, 0.1) is 17.3 Å². The molecular weight excluding hydrogens is 537 g/mol. The highest BCUT2D eigenvalue weighted by Gasteiger charge is 2.13. The van der Waals surface area contributed by atoms with Gasteiger partial charge in [-0.05, 0) is 82.2 Å². The average Bonchev–Trinajstić information content (AvgIpc) is 2.84. The lowest BCUT2D eigenvalue weighted by Gasteiger charge is -2.14. The first-order chi connectivity index (χ1) is 16.5. The molecule has 0 heterocycles. The Balaban J connectivity index is 1.45. The van der Waals surface area contributed by atoms with E-state index >= 15 is 0 Å². The van der Waals surface area contributed by atoms with Crippen molar-refractivity contribution >= 4 is 51.0 Å². The largest absolute Gasteiger partial charge is 0.493 e. The summed E-state index contributed by atoms with van der Waals surface area (Å²) < 4.78 is 18.1. The van der Waals surface area contributed by atoms with Crippen LogP contribution in [0.3, 0.4) is 0 Å². The van der Waals surface area contributed by atoms with Gasteiger partial charge in [-0.25, -0.2) is 0 Å². The highest BCUT2D eigenvalue weighted by atomic mass is 79.9. The minimum absolute atomic E-state index is 0.274. The number of hydrogen-bond donors (Lipinski definition) is 0. The second-order valence-corrected chi connectivity index (χ2v) is 8.92. The van der Waals surface area contributed by atoms with Gasteiger partial charge in [0, 0.05) is 21.8 Å². The molecule has 0 fully saturated rings. The molecule has 0 amide bonds. The normalized spacial score (nSPS) is 10.9. The molecule has 7 heteroatoms. The van der Waals surface area contributed by atoms with Crippen LogP contribution < -0.4 is 14.2 Å². The first-order valence-corrected chi connectivity index (χ1v) is 11.9. The number of methoxy groups -OCH3 is 1. The van der Waals surface area contributed by atoms with Crippen LogP contribution in [-0.4, -0.2) is 13.3 Å². The predicted octanol–water partition coefficient (Wildman–Crippen LogP) is 8.89. The van der Waals surface area contributed by atoms with E-state index in [9.17, 15) is 0 Å². The van der Waals surface area contributed by atoms with E-state index in [0.29, 0.717) is 21.5 Å². The van der Waals surface area contributed by atoms with Gasteiger partial charge in [0.15, 0.2) is 11.5 Å². The molecule has 0 bridgehead atoms.